The maximum Gasteiger partial charge on any atom is 0.274 e. The molecule has 0 amide bonds. The molecular weight excluding hydrogens is 237 g/mol. The summed E-state index contributed by atoms with van der Waals surface area (Å²) in [7, 11) is 0. The molecule has 0 N–H and O–H groups in total. The highest BCUT2D eigenvalue weighted by molar-refractivity contribution is 6.67. The van der Waals surface area contributed by atoms with E-state index in [2.05, 4.69) is 10.3 Å². The summed E-state index contributed by atoms with van der Waals surface area (Å²) in [5.41, 5.74) is 0.829. The van der Waals surface area contributed by atoms with Crippen molar-refractivity contribution in [1.82, 2.24) is 15.0 Å². The number of rotatable bonds is 2. The minimum absolute atomic E-state index is 0.108. The quantitative estimate of drug-likeness (QED) is 0.759. The summed E-state index contributed by atoms with van der Waals surface area (Å²) >= 11 is 11.1. The molecule has 0 aliphatic carbocycles. The smallest absolute Gasteiger partial charge is 0.274 e. The van der Waals surface area contributed by atoms with Crippen LogP contribution in [0.1, 0.15) is 10.5 Å². The van der Waals surface area contributed by atoms with Crippen molar-refractivity contribution in [1.29, 1.82) is 0 Å². The highest BCUT2D eigenvalue weighted by Gasteiger charge is 2.08. The molecule has 1 aromatic carbocycles. The predicted octanol–water partition coefficient (Wildman–Crippen LogP) is 2.30. The van der Waals surface area contributed by atoms with Crippen LogP contribution in [-0.2, 0) is 0 Å². The van der Waals surface area contributed by atoms with Gasteiger partial charge in [0.25, 0.3) is 5.24 Å². The van der Waals surface area contributed by atoms with Crippen LogP contribution in [0.25, 0.3) is 5.69 Å². The van der Waals surface area contributed by atoms with Crippen molar-refractivity contribution < 1.29 is 4.79 Å². The van der Waals surface area contributed by atoms with Crippen LogP contribution in [0.5, 0.6) is 0 Å². The first-order valence-corrected chi connectivity index (χ1v) is 4.80. The van der Waals surface area contributed by atoms with Gasteiger partial charge in [0.1, 0.15) is 0 Å². The van der Waals surface area contributed by atoms with Crippen molar-refractivity contribution in [2.24, 2.45) is 0 Å². The Balaban J connectivity index is 2.41. The maximum absolute atomic E-state index is 10.8. The van der Waals surface area contributed by atoms with Crippen molar-refractivity contribution in [2.45, 2.75) is 0 Å². The third kappa shape index (κ3) is 2.16. The fourth-order valence-corrected chi connectivity index (χ4v) is 1.37. The molecule has 1 heterocycles. The second kappa shape index (κ2) is 4.00. The van der Waals surface area contributed by atoms with E-state index in [-0.39, 0.29) is 5.69 Å². The highest BCUT2D eigenvalue weighted by Crippen LogP contribution is 2.14. The summed E-state index contributed by atoms with van der Waals surface area (Å²) < 4.78 is 1.43. The van der Waals surface area contributed by atoms with E-state index < -0.39 is 5.24 Å². The van der Waals surface area contributed by atoms with E-state index in [4.69, 9.17) is 23.2 Å². The van der Waals surface area contributed by atoms with Gasteiger partial charge in [-0.05, 0) is 29.8 Å². The average Bonchev–Trinajstić information content (AvgIpc) is 2.66. The molecule has 0 fully saturated rings. The van der Waals surface area contributed by atoms with Gasteiger partial charge in [0.15, 0.2) is 5.69 Å². The Morgan fingerprint density at radius 1 is 1.40 bits per heavy atom. The van der Waals surface area contributed by atoms with Crippen LogP contribution in [0.3, 0.4) is 0 Å². The molecule has 6 heteroatoms. The lowest BCUT2D eigenvalue weighted by Crippen LogP contribution is -1.94. The predicted molar refractivity (Wildman–Crippen MR) is 56.6 cm³/mol. The lowest BCUT2D eigenvalue weighted by atomic mass is 10.3. The first-order valence-electron chi connectivity index (χ1n) is 4.05. The first kappa shape index (κ1) is 10.1. The zero-order valence-corrected chi connectivity index (χ0v) is 8.90. The normalized spacial score (nSPS) is 10.3. The number of benzene rings is 1. The summed E-state index contributed by atoms with van der Waals surface area (Å²) in [6.45, 7) is 0. The van der Waals surface area contributed by atoms with E-state index >= 15 is 0 Å². The number of carbonyl (C=O) groups is 1. The third-order valence-corrected chi connectivity index (χ3v) is 2.20. The molecule has 1 aromatic heterocycles. The molecule has 0 bridgehead atoms. The molecular formula is C9H5Cl2N3O. The van der Waals surface area contributed by atoms with E-state index in [1.165, 1.54) is 10.9 Å². The zero-order valence-electron chi connectivity index (χ0n) is 7.39. The van der Waals surface area contributed by atoms with Crippen molar-refractivity contribution in [3.8, 4) is 5.69 Å². The Labute approximate surface area is 95.4 Å². The van der Waals surface area contributed by atoms with E-state index in [1.54, 1.807) is 24.3 Å². The number of aromatic nitrogens is 3. The van der Waals surface area contributed by atoms with Crippen molar-refractivity contribution >= 4 is 28.4 Å². The van der Waals surface area contributed by atoms with Gasteiger partial charge in [0, 0.05) is 5.02 Å². The molecule has 0 aliphatic heterocycles. The van der Waals surface area contributed by atoms with Crippen LogP contribution in [0.15, 0.2) is 30.5 Å². The van der Waals surface area contributed by atoms with Crippen LogP contribution in [-0.4, -0.2) is 20.2 Å². The summed E-state index contributed by atoms with van der Waals surface area (Å²) in [5, 5.41) is 7.31. The first-order chi connectivity index (χ1) is 7.16. The van der Waals surface area contributed by atoms with E-state index in [0.717, 1.165) is 5.69 Å². The molecule has 76 valence electrons. The fourth-order valence-electron chi connectivity index (χ4n) is 1.10. The van der Waals surface area contributed by atoms with Gasteiger partial charge in [-0.2, -0.15) is 0 Å². The van der Waals surface area contributed by atoms with Crippen molar-refractivity contribution in [3.63, 3.8) is 0 Å². The molecule has 2 rings (SSSR count). The van der Waals surface area contributed by atoms with Gasteiger partial charge in [-0.15, -0.1) is 5.10 Å². The van der Waals surface area contributed by atoms with Gasteiger partial charge in [-0.1, -0.05) is 22.9 Å². The number of nitrogens with zero attached hydrogens (tertiary/aromatic N) is 3. The standard InChI is InChI=1S/C9H5Cl2N3O/c10-6-2-1-3-7(4-6)14-5-8(9(11)15)12-13-14/h1-5H. The lowest BCUT2D eigenvalue weighted by Gasteiger charge is -1.98. The van der Waals surface area contributed by atoms with Gasteiger partial charge >= 0.3 is 0 Å². The van der Waals surface area contributed by atoms with Gasteiger partial charge in [0.2, 0.25) is 0 Å². The molecule has 0 radical (unpaired) electrons. The summed E-state index contributed by atoms with van der Waals surface area (Å²) in [6.07, 6.45) is 1.45. The van der Waals surface area contributed by atoms with Crippen LogP contribution in [0.4, 0.5) is 0 Å². The minimum Gasteiger partial charge on any atom is -0.274 e. The topological polar surface area (TPSA) is 47.8 Å². The Hall–Kier alpha value is -1.39. The summed E-state index contributed by atoms with van der Waals surface area (Å²) in [4.78, 5) is 10.8. The monoisotopic (exact) mass is 241 g/mol. The molecule has 15 heavy (non-hydrogen) atoms. The Morgan fingerprint density at radius 2 is 2.20 bits per heavy atom. The van der Waals surface area contributed by atoms with Crippen molar-refractivity contribution in [2.75, 3.05) is 0 Å². The molecule has 0 saturated heterocycles. The minimum atomic E-state index is -0.636. The molecule has 0 spiro atoms. The zero-order chi connectivity index (χ0) is 10.8. The van der Waals surface area contributed by atoms with Gasteiger partial charge in [0.05, 0.1) is 11.9 Å². The van der Waals surface area contributed by atoms with E-state index in [0.29, 0.717) is 5.02 Å². The van der Waals surface area contributed by atoms with Crippen LogP contribution >= 0.6 is 23.2 Å². The Bertz CT molecular complexity index is 510. The largest absolute Gasteiger partial charge is 0.274 e. The third-order valence-electron chi connectivity index (χ3n) is 1.77. The molecule has 0 aliphatic rings. The molecule has 2 aromatic rings. The number of hydrogen-bond donors (Lipinski definition) is 0. The highest BCUT2D eigenvalue weighted by atomic mass is 35.5. The van der Waals surface area contributed by atoms with E-state index in [1.807, 2.05) is 0 Å². The Morgan fingerprint density at radius 3 is 2.80 bits per heavy atom. The van der Waals surface area contributed by atoms with Gasteiger partial charge in [-0.3, -0.25) is 4.79 Å². The summed E-state index contributed by atoms with van der Waals surface area (Å²) in [5.74, 6) is 0. The van der Waals surface area contributed by atoms with Crippen molar-refractivity contribution in [3.05, 3.63) is 41.2 Å². The average molecular weight is 242 g/mol. The lowest BCUT2D eigenvalue weighted by molar-refractivity contribution is 0.107. The number of hydrogen-bond acceptors (Lipinski definition) is 3. The second-order valence-electron chi connectivity index (χ2n) is 2.80. The fraction of sp³-hybridized carbons (Fsp3) is 0. The maximum atomic E-state index is 10.8. The molecule has 0 saturated carbocycles. The van der Waals surface area contributed by atoms with Crippen LogP contribution < -0.4 is 0 Å². The molecule has 4 nitrogen and oxygen atoms in total. The van der Waals surface area contributed by atoms with Crippen LogP contribution in [0.2, 0.25) is 5.02 Å². The number of halogens is 2. The summed E-state index contributed by atoms with van der Waals surface area (Å²) in [6, 6.07) is 7.03. The van der Waals surface area contributed by atoms with Crippen LogP contribution in [0, 0.1) is 0 Å². The number of carbonyl (C=O) groups excluding carboxylic acids is 1. The Kier molecular flexibility index (Phi) is 2.70. The SMILES string of the molecule is O=C(Cl)c1cn(-c2cccc(Cl)c2)nn1. The van der Waals surface area contributed by atoms with E-state index in [9.17, 15) is 4.79 Å². The van der Waals surface area contributed by atoms with Gasteiger partial charge < -0.3 is 0 Å². The second-order valence-corrected chi connectivity index (χ2v) is 3.58. The molecule has 0 unspecified atom stereocenters. The van der Waals surface area contributed by atoms with Gasteiger partial charge in [-0.25, -0.2) is 4.68 Å². The molecule has 0 atom stereocenters.